The van der Waals surface area contributed by atoms with Crippen molar-refractivity contribution in [3.8, 4) is 0 Å². The standard InChI is InChI=1S/C44H69FN2O4S/c1-30(2)32-13-20-44(46-23-8-24-47-25-27-52(50,51)28-26-47)22-21-41(6)34(37(32)44)9-10-36-40(5)16-14-33(39(3,4)35(40)15-17-42(36,41)7)31-11-18-43(29-45,19-12-31)38(48)49/h11,14,32,34-37,46H,1,8-10,12-13,15-29H2,2-7H3,(H,48,49)/t32-,34+,35-,36+,37+,40-,41+,42+,43+,44?/m0/s1. The van der Waals surface area contributed by atoms with Crippen LogP contribution in [0.2, 0.25) is 0 Å². The smallest absolute Gasteiger partial charge is 0.312 e. The van der Waals surface area contributed by atoms with E-state index in [1.54, 1.807) is 0 Å². The predicted octanol–water partition coefficient (Wildman–Crippen LogP) is 8.79. The molecule has 7 rings (SSSR count). The molecule has 1 unspecified atom stereocenters. The maximum absolute atomic E-state index is 14.0. The topological polar surface area (TPSA) is 86.7 Å². The van der Waals surface area contributed by atoms with E-state index in [0.717, 1.165) is 25.9 Å². The fourth-order valence-electron chi connectivity index (χ4n) is 14.7. The van der Waals surface area contributed by atoms with Gasteiger partial charge in [-0.15, -0.1) is 0 Å². The van der Waals surface area contributed by atoms with Crippen molar-refractivity contribution in [3.63, 3.8) is 0 Å². The lowest BCUT2D eigenvalue weighted by molar-refractivity contribution is -0.221. The molecule has 4 saturated carbocycles. The van der Waals surface area contributed by atoms with Gasteiger partial charge in [0.1, 0.15) is 6.67 Å². The average Bonchev–Trinajstić information content (AvgIpc) is 3.48. The van der Waals surface area contributed by atoms with E-state index in [4.69, 9.17) is 0 Å². The molecular weight excluding hydrogens is 672 g/mol. The summed E-state index contributed by atoms with van der Waals surface area (Å²) < 4.78 is 37.9. The van der Waals surface area contributed by atoms with E-state index < -0.39 is 27.9 Å². The number of hydrogen-bond acceptors (Lipinski definition) is 5. The average molecular weight is 741 g/mol. The second-order valence-electron chi connectivity index (χ2n) is 20.3. The molecule has 1 saturated heterocycles. The number of aliphatic carboxylic acids is 1. The van der Waals surface area contributed by atoms with Crippen LogP contribution in [0, 0.1) is 56.7 Å². The van der Waals surface area contributed by atoms with Gasteiger partial charge >= 0.3 is 5.97 Å². The normalized spacial score (nSPS) is 45.4. The quantitative estimate of drug-likeness (QED) is 0.182. The van der Waals surface area contributed by atoms with Gasteiger partial charge in [-0.25, -0.2) is 12.8 Å². The van der Waals surface area contributed by atoms with Gasteiger partial charge in [-0.3, -0.25) is 4.79 Å². The molecule has 52 heavy (non-hydrogen) atoms. The lowest BCUT2D eigenvalue weighted by Gasteiger charge is -2.72. The fraction of sp³-hybridized carbons (Fsp3) is 0.841. The molecule has 0 spiro atoms. The summed E-state index contributed by atoms with van der Waals surface area (Å²) in [6.07, 6.45) is 18.1. The van der Waals surface area contributed by atoms with E-state index in [0.29, 0.717) is 67.0 Å². The minimum Gasteiger partial charge on any atom is -0.481 e. The number of sulfone groups is 1. The highest BCUT2D eigenvalue weighted by molar-refractivity contribution is 7.91. The zero-order chi connectivity index (χ0) is 37.5. The first-order valence-electron chi connectivity index (χ1n) is 20.9. The summed E-state index contributed by atoms with van der Waals surface area (Å²) in [4.78, 5) is 14.3. The van der Waals surface area contributed by atoms with E-state index in [2.05, 4.69) is 70.5 Å². The molecular formula is C44H69FN2O4S. The Hall–Kier alpha value is -1.51. The van der Waals surface area contributed by atoms with Gasteiger partial charge in [-0.05, 0) is 166 Å². The first-order valence-corrected chi connectivity index (χ1v) is 22.7. The Labute approximate surface area is 314 Å². The van der Waals surface area contributed by atoms with Crippen LogP contribution in [0.3, 0.4) is 0 Å². The maximum Gasteiger partial charge on any atom is 0.312 e. The predicted molar refractivity (Wildman–Crippen MR) is 208 cm³/mol. The number of nitrogens with one attached hydrogen (secondary N) is 1. The van der Waals surface area contributed by atoms with Gasteiger partial charge in [0.05, 0.1) is 16.9 Å². The number of nitrogens with zero attached hydrogens (tertiary/aromatic N) is 1. The molecule has 0 amide bonds. The third-order valence-corrected chi connectivity index (χ3v) is 19.5. The molecule has 5 fully saturated rings. The third-order valence-electron chi connectivity index (χ3n) is 17.9. The van der Waals surface area contributed by atoms with Gasteiger partial charge in [-0.2, -0.15) is 0 Å². The zero-order valence-corrected chi connectivity index (χ0v) is 34.1. The first-order chi connectivity index (χ1) is 24.4. The van der Waals surface area contributed by atoms with Crippen LogP contribution in [-0.4, -0.2) is 74.3 Å². The van der Waals surface area contributed by atoms with Crippen molar-refractivity contribution in [2.24, 2.45) is 56.7 Å². The van der Waals surface area contributed by atoms with E-state index >= 15 is 0 Å². The number of carboxylic acid groups (broad SMARTS) is 1. The molecule has 8 heteroatoms. The molecule has 0 aromatic rings. The lowest BCUT2D eigenvalue weighted by Crippen LogP contribution is -2.68. The largest absolute Gasteiger partial charge is 0.481 e. The van der Waals surface area contributed by atoms with E-state index in [9.17, 15) is 22.7 Å². The van der Waals surface area contributed by atoms with Gasteiger partial charge in [0.25, 0.3) is 0 Å². The monoisotopic (exact) mass is 740 g/mol. The molecule has 1 aliphatic heterocycles. The highest BCUT2D eigenvalue weighted by Crippen LogP contribution is 2.76. The van der Waals surface area contributed by atoms with Crippen LogP contribution in [0.4, 0.5) is 4.39 Å². The van der Waals surface area contributed by atoms with Crippen LogP contribution >= 0.6 is 0 Å². The minimum atomic E-state index is -2.85. The van der Waals surface area contributed by atoms with Crippen LogP contribution < -0.4 is 5.32 Å². The van der Waals surface area contributed by atoms with Crippen molar-refractivity contribution in [1.29, 1.82) is 0 Å². The second kappa shape index (κ2) is 13.3. The van der Waals surface area contributed by atoms with Gasteiger partial charge in [0.2, 0.25) is 0 Å². The van der Waals surface area contributed by atoms with Gasteiger partial charge in [0, 0.05) is 18.6 Å². The fourth-order valence-corrected chi connectivity index (χ4v) is 16.0. The molecule has 7 aliphatic rings. The Bertz CT molecular complexity index is 1610. The van der Waals surface area contributed by atoms with Crippen molar-refractivity contribution in [2.45, 2.75) is 131 Å². The molecule has 0 bridgehead atoms. The summed E-state index contributed by atoms with van der Waals surface area (Å²) in [7, 11) is -2.85. The van der Waals surface area contributed by atoms with E-state index in [1.807, 2.05) is 0 Å². The Morgan fingerprint density at radius 1 is 0.942 bits per heavy atom. The molecule has 6 nitrogen and oxygen atoms in total. The summed E-state index contributed by atoms with van der Waals surface area (Å²) in [6.45, 7) is 22.3. The van der Waals surface area contributed by atoms with Crippen LogP contribution in [0.1, 0.15) is 125 Å². The Morgan fingerprint density at radius 3 is 2.31 bits per heavy atom. The lowest BCUT2D eigenvalue weighted by atomic mass is 9.33. The van der Waals surface area contributed by atoms with Gasteiger partial charge in [0.15, 0.2) is 9.84 Å². The van der Waals surface area contributed by atoms with Crippen molar-refractivity contribution in [1.82, 2.24) is 10.2 Å². The highest BCUT2D eigenvalue weighted by Gasteiger charge is 2.70. The van der Waals surface area contributed by atoms with E-state index in [1.165, 1.54) is 68.1 Å². The number of rotatable bonds is 9. The molecule has 1 heterocycles. The SMILES string of the molecule is C=C(C)[C@@H]1CCC2(NCCCN3CCS(=O)(=O)CC3)CC[C@]3(C)[C@H](CC[C@@H]4[C@@]5(C)CC=C(C6=CC[C@@](CF)(C(=O)O)CC6)C(C)(C)[C@@H]5CC[C@]43C)[C@@H]12. The molecule has 10 atom stereocenters. The number of alkyl halides is 1. The van der Waals surface area contributed by atoms with Crippen LogP contribution in [-0.2, 0) is 14.6 Å². The van der Waals surface area contributed by atoms with Gasteiger partial charge in [-0.1, -0.05) is 58.9 Å². The Balaban J connectivity index is 1.11. The highest BCUT2D eigenvalue weighted by atomic mass is 32.2. The molecule has 0 aromatic heterocycles. The van der Waals surface area contributed by atoms with Crippen molar-refractivity contribution in [2.75, 3.05) is 44.4 Å². The first kappa shape index (κ1) is 38.8. The van der Waals surface area contributed by atoms with Crippen LogP contribution in [0.25, 0.3) is 0 Å². The number of carboxylic acids is 1. The number of carbonyl (C=O) groups is 1. The molecule has 0 radical (unpaired) electrons. The number of fused-ring (bicyclic) bond motifs is 7. The molecule has 6 aliphatic carbocycles. The molecule has 0 aromatic carbocycles. The Morgan fingerprint density at radius 2 is 1.67 bits per heavy atom. The number of hydrogen-bond donors (Lipinski definition) is 2. The van der Waals surface area contributed by atoms with Crippen molar-refractivity contribution in [3.05, 3.63) is 35.5 Å². The van der Waals surface area contributed by atoms with Crippen molar-refractivity contribution < 1.29 is 22.7 Å². The van der Waals surface area contributed by atoms with Crippen molar-refractivity contribution >= 4 is 15.8 Å². The van der Waals surface area contributed by atoms with Gasteiger partial charge < -0.3 is 15.3 Å². The second-order valence-corrected chi connectivity index (χ2v) is 22.6. The summed E-state index contributed by atoms with van der Waals surface area (Å²) in [5.41, 5.74) is 3.68. The van der Waals surface area contributed by atoms with Crippen LogP contribution in [0.5, 0.6) is 0 Å². The Kier molecular flexibility index (Phi) is 9.92. The number of allylic oxidation sites excluding steroid dienone is 5. The molecule has 2 N–H and O–H groups in total. The summed E-state index contributed by atoms with van der Waals surface area (Å²) in [6, 6.07) is 0. The summed E-state index contributed by atoms with van der Waals surface area (Å²) >= 11 is 0. The third kappa shape index (κ3) is 5.87. The zero-order valence-electron chi connectivity index (χ0n) is 33.3. The minimum absolute atomic E-state index is 0.0125. The summed E-state index contributed by atoms with van der Waals surface area (Å²) in [5.74, 6) is 2.67. The maximum atomic E-state index is 14.0. The number of halogens is 1. The van der Waals surface area contributed by atoms with Crippen LogP contribution in [0.15, 0.2) is 35.5 Å². The summed E-state index contributed by atoms with van der Waals surface area (Å²) in [5, 5.41) is 14.1. The molecule has 292 valence electrons. The van der Waals surface area contributed by atoms with E-state index in [-0.39, 0.29) is 33.6 Å².